The van der Waals surface area contributed by atoms with E-state index in [1.165, 1.54) is 0 Å². The van der Waals surface area contributed by atoms with Gasteiger partial charge in [0.25, 0.3) is 0 Å². The van der Waals surface area contributed by atoms with Crippen LogP contribution in [0.1, 0.15) is 12.0 Å². The molecule has 1 N–H and O–H groups in total. The molecule has 0 radical (unpaired) electrons. The Hall–Kier alpha value is -0.883. The predicted molar refractivity (Wildman–Crippen MR) is 68.0 cm³/mol. The van der Waals surface area contributed by atoms with Gasteiger partial charge in [-0.1, -0.05) is 12.1 Å². The second kappa shape index (κ2) is 6.76. The van der Waals surface area contributed by atoms with Crippen molar-refractivity contribution in [3.05, 3.63) is 29.8 Å². The molecule has 0 spiro atoms. The van der Waals surface area contributed by atoms with Gasteiger partial charge in [0, 0.05) is 27.4 Å². The quantitative estimate of drug-likeness (QED) is 0.760. The van der Waals surface area contributed by atoms with Gasteiger partial charge in [-0.15, -0.1) is 0 Å². The lowest BCUT2D eigenvalue weighted by molar-refractivity contribution is 0.123. The normalized spacial score (nSPS) is 11.7. The zero-order valence-electron chi connectivity index (χ0n) is 10.6. The third kappa shape index (κ3) is 4.12. The molecule has 0 aliphatic rings. The molecule has 0 unspecified atom stereocenters. The van der Waals surface area contributed by atoms with E-state index in [0.29, 0.717) is 5.75 Å². The van der Waals surface area contributed by atoms with E-state index >= 15 is 0 Å². The van der Waals surface area contributed by atoms with Crippen LogP contribution in [-0.2, 0) is 19.7 Å². The van der Waals surface area contributed by atoms with Crippen LogP contribution in [0, 0.1) is 0 Å². The third-order valence-corrected chi connectivity index (χ3v) is 5.62. The van der Waals surface area contributed by atoms with Crippen LogP contribution in [0.2, 0.25) is 6.04 Å². The Bertz CT molecular complexity index is 331. The summed E-state index contributed by atoms with van der Waals surface area (Å²) in [5, 5.41) is 9.35. The van der Waals surface area contributed by atoms with Gasteiger partial charge in [0.1, 0.15) is 5.75 Å². The standard InChI is InChI=1S/C12H20O4Si/c1-14-17(15-2,16-3)9-5-7-11-6-4-8-12(13)10-11/h4,6,8,10,13H,5,7,9H2,1-3H3. The Morgan fingerprint density at radius 2 is 1.76 bits per heavy atom. The van der Waals surface area contributed by atoms with E-state index < -0.39 is 8.80 Å². The highest BCUT2D eigenvalue weighted by atomic mass is 28.4. The van der Waals surface area contributed by atoms with Crippen molar-refractivity contribution in [1.82, 2.24) is 0 Å². The molecule has 0 aliphatic carbocycles. The molecule has 17 heavy (non-hydrogen) atoms. The number of aryl methyl sites for hydroxylation is 1. The molecule has 4 nitrogen and oxygen atoms in total. The Morgan fingerprint density at radius 1 is 1.12 bits per heavy atom. The fourth-order valence-electron chi connectivity index (χ4n) is 1.78. The topological polar surface area (TPSA) is 47.9 Å². The summed E-state index contributed by atoms with van der Waals surface area (Å²) in [4.78, 5) is 0. The average molecular weight is 256 g/mol. The van der Waals surface area contributed by atoms with Crippen LogP contribution in [-0.4, -0.2) is 35.2 Å². The number of benzene rings is 1. The lowest BCUT2D eigenvalue weighted by Crippen LogP contribution is -2.42. The Labute approximate surface area is 104 Å². The predicted octanol–water partition coefficient (Wildman–Crippen LogP) is 2.20. The Morgan fingerprint density at radius 3 is 2.29 bits per heavy atom. The van der Waals surface area contributed by atoms with Gasteiger partial charge in [-0.2, -0.15) is 0 Å². The van der Waals surface area contributed by atoms with Gasteiger partial charge < -0.3 is 18.4 Å². The van der Waals surface area contributed by atoms with Crippen LogP contribution in [0.15, 0.2) is 24.3 Å². The van der Waals surface area contributed by atoms with Crippen LogP contribution in [0.3, 0.4) is 0 Å². The number of aromatic hydroxyl groups is 1. The van der Waals surface area contributed by atoms with E-state index in [9.17, 15) is 5.11 Å². The van der Waals surface area contributed by atoms with Crippen molar-refractivity contribution in [3.63, 3.8) is 0 Å². The van der Waals surface area contributed by atoms with Crippen molar-refractivity contribution >= 4 is 8.80 Å². The monoisotopic (exact) mass is 256 g/mol. The van der Waals surface area contributed by atoms with Gasteiger partial charge >= 0.3 is 8.80 Å². The highest BCUT2D eigenvalue weighted by Gasteiger charge is 2.36. The molecule has 5 heteroatoms. The first-order valence-corrected chi connectivity index (χ1v) is 7.52. The highest BCUT2D eigenvalue weighted by molar-refractivity contribution is 6.60. The molecule has 96 valence electrons. The van der Waals surface area contributed by atoms with Gasteiger partial charge in [0.05, 0.1) is 0 Å². The summed E-state index contributed by atoms with van der Waals surface area (Å²) in [6.45, 7) is 0. The second-order valence-corrected chi connectivity index (χ2v) is 6.91. The minimum Gasteiger partial charge on any atom is -0.508 e. The van der Waals surface area contributed by atoms with Gasteiger partial charge in [-0.05, 0) is 30.5 Å². The number of hydrogen-bond donors (Lipinski definition) is 1. The molecule has 0 heterocycles. The van der Waals surface area contributed by atoms with Crippen molar-refractivity contribution in [3.8, 4) is 5.75 Å². The molecule has 1 aromatic carbocycles. The van der Waals surface area contributed by atoms with E-state index in [1.54, 1.807) is 33.5 Å². The van der Waals surface area contributed by atoms with Crippen molar-refractivity contribution in [2.45, 2.75) is 18.9 Å². The van der Waals surface area contributed by atoms with Crippen molar-refractivity contribution < 1.29 is 18.4 Å². The first-order valence-electron chi connectivity index (χ1n) is 5.59. The Kier molecular flexibility index (Phi) is 5.63. The molecule has 0 fully saturated rings. The van der Waals surface area contributed by atoms with Crippen LogP contribution < -0.4 is 0 Å². The summed E-state index contributed by atoms with van der Waals surface area (Å²) in [5.74, 6) is 0.302. The summed E-state index contributed by atoms with van der Waals surface area (Å²) in [6.07, 6.45) is 1.78. The average Bonchev–Trinajstić information content (AvgIpc) is 2.35. The summed E-state index contributed by atoms with van der Waals surface area (Å²) in [5.41, 5.74) is 1.11. The molecule has 0 aromatic heterocycles. The summed E-state index contributed by atoms with van der Waals surface area (Å²) in [6, 6.07) is 8.05. The van der Waals surface area contributed by atoms with Gasteiger partial charge in [-0.3, -0.25) is 0 Å². The molecule has 0 atom stereocenters. The third-order valence-electron chi connectivity index (χ3n) is 2.79. The maximum atomic E-state index is 9.35. The van der Waals surface area contributed by atoms with Crippen LogP contribution in [0.25, 0.3) is 0 Å². The number of hydrogen-bond acceptors (Lipinski definition) is 4. The molecule has 0 bridgehead atoms. The molecule has 1 rings (SSSR count). The first kappa shape index (κ1) is 14.2. The maximum Gasteiger partial charge on any atom is 0.500 e. The lowest BCUT2D eigenvalue weighted by Gasteiger charge is -2.24. The van der Waals surface area contributed by atoms with Crippen LogP contribution in [0.5, 0.6) is 5.75 Å². The number of phenols is 1. The summed E-state index contributed by atoms with van der Waals surface area (Å²) in [7, 11) is 2.41. The minimum atomic E-state index is -2.45. The fraction of sp³-hybridized carbons (Fsp3) is 0.500. The second-order valence-electron chi connectivity index (χ2n) is 3.82. The summed E-state index contributed by atoms with van der Waals surface area (Å²) < 4.78 is 16.0. The molecular weight excluding hydrogens is 236 g/mol. The van der Waals surface area contributed by atoms with Crippen LogP contribution >= 0.6 is 0 Å². The highest BCUT2D eigenvalue weighted by Crippen LogP contribution is 2.18. The van der Waals surface area contributed by atoms with Crippen molar-refractivity contribution in [1.29, 1.82) is 0 Å². The largest absolute Gasteiger partial charge is 0.508 e. The SMILES string of the molecule is CO[Si](CCCc1cccc(O)c1)(OC)OC. The zero-order chi connectivity index (χ0) is 12.7. The van der Waals surface area contributed by atoms with Crippen molar-refractivity contribution in [2.24, 2.45) is 0 Å². The molecule has 0 aliphatic heterocycles. The fourth-order valence-corrected chi connectivity index (χ4v) is 3.50. The number of phenolic OH excluding ortho intramolecular Hbond substituents is 1. The molecule has 0 saturated carbocycles. The first-order chi connectivity index (χ1) is 8.15. The summed E-state index contributed by atoms with van der Waals surface area (Å²) >= 11 is 0. The van der Waals surface area contributed by atoms with E-state index in [-0.39, 0.29) is 0 Å². The van der Waals surface area contributed by atoms with Gasteiger partial charge in [-0.25, -0.2) is 0 Å². The maximum absolute atomic E-state index is 9.35. The smallest absolute Gasteiger partial charge is 0.500 e. The molecule has 1 aromatic rings. The molecule has 0 saturated heterocycles. The van der Waals surface area contributed by atoms with Crippen LogP contribution in [0.4, 0.5) is 0 Å². The number of rotatable bonds is 7. The zero-order valence-corrected chi connectivity index (χ0v) is 11.6. The molecule has 0 amide bonds. The van der Waals surface area contributed by atoms with E-state index in [2.05, 4.69) is 0 Å². The Balaban J connectivity index is 2.46. The van der Waals surface area contributed by atoms with E-state index in [0.717, 1.165) is 24.4 Å². The van der Waals surface area contributed by atoms with E-state index in [4.69, 9.17) is 13.3 Å². The molecular formula is C12H20O4Si. The van der Waals surface area contributed by atoms with Gasteiger partial charge in [0.15, 0.2) is 0 Å². The van der Waals surface area contributed by atoms with E-state index in [1.807, 2.05) is 12.1 Å². The minimum absolute atomic E-state index is 0.302. The van der Waals surface area contributed by atoms with Crippen molar-refractivity contribution in [2.75, 3.05) is 21.3 Å². The lowest BCUT2D eigenvalue weighted by atomic mass is 10.1. The van der Waals surface area contributed by atoms with Gasteiger partial charge in [0.2, 0.25) is 0 Å².